The highest BCUT2D eigenvalue weighted by atomic mass is 32.2. The van der Waals surface area contributed by atoms with Crippen LogP contribution in [0.3, 0.4) is 0 Å². The molecule has 0 aromatic heterocycles. The molecule has 0 heterocycles. The van der Waals surface area contributed by atoms with E-state index in [4.69, 9.17) is 27.9 Å². The molecule has 0 spiro atoms. The van der Waals surface area contributed by atoms with Gasteiger partial charge in [0, 0.05) is 5.56 Å². The average Bonchev–Trinajstić information content (AvgIpc) is 2.64. The fraction of sp³-hybridized carbons (Fsp3) is 0.588. The summed E-state index contributed by atoms with van der Waals surface area (Å²) < 4.78 is 108. The Kier molecular flexibility index (Phi) is 11.0. The molecule has 1 aromatic carbocycles. The van der Waals surface area contributed by atoms with Gasteiger partial charge in [0.2, 0.25) is 5.75 Å². The molecule has 0 fully saturated rings. The van der Waals surface area contributed by atoms with Crippen LogP contribution in [0.15, 0.2) is 12.1 Å². The van der Waals surface area contributed by atoms with E-state index >= 15 is 0 Å². The number of hydrogen-bond acceptors (Lipinski definition) is 10. The normalized spacial score (nSPS) is 12.4. The lowest BCUT2D eigenvalue weighted by Crippen LogP contribution is -2.13. The summed E-state index contributed by atoms with van der Waals surface area (Å²) in [6.45, 7) is 0.629. The molecule has 0 aliphatic heterocycles. The third-order valence-electron chi connectivity index (χ3n) is 3.83. The van der Waals surface area contributed by atoms with Crippen molar-refractivity contribution in [2.45, 2.75) is 26.2 Å². The molecule has 0 unspecified atom stereocenters. The van der Waals surface area contributed by atoms with Gasteiger partial charge in [-0.2, -0.15) is 25.3 Å². The van der Waals surface area contributed by atoms with Gasteiger partial charge in [0.1, 0.15) is 0 Å². The minimum absolute atomic E-state index is 0.0466. The van der Waals surface area contributed by atoms with Crippen LogP contribution < -0.4 is 14.2 Å². The highest BCUT2D eigenvalue weighted by Crippen LogP contribution is 2.39. The quantitative estimate of drug-likeness (QED) is 0.153. The Balaban J connectivity index is 3.12. The highest BCUT2D eigenvalue weighted by Gasteiger charge is 2.19. The predicted molar refractivity (Wildman–Crippen MR) is 116 cm³/mol. The average molecular weight is 535 g/mol. The Morgan fingerprint density at radius 2 is 1.03 bits per heavy atom. The molecule has 1 aromatic rings. The van der Waals surface area contributed by atoms with Crippen molar-refractivity contribution in [2.75, 3.05) is 37.1 Å². The molecule has 0 bridgehead atoms. The number of Topliss-reactive ketones (excluding diaryl/α,β-unsaturated/α-hetero) is 1. The van der Waals surface area contributed by atoms with Crippen molar-refractivity contribution in [2.24, 2.45) is 0 Å². The Morgan fingerprint density at radius 1 is 0.697 bits per heavy atom. The van der Waals surface area contributed by atoms with Gasteiger partial charge in [0.15, 0.2) is 17.3 Å². The molecule has 16 heteroatoms. The van der Waals surface area contributed by atoms with E-state index in [9.17, 15) is 30.0 Å². The molecule has 33 heavy (non-hydrogen) atoms. The van der Waals surface area contributed by atoms with Gasteiger partial charge < -0.3 is 14.2 Å². The standard InChI is InChI=1S/C17H26O13S3/c1-13(18)14-11-15(28-5-2-8-31(19,20)21)17(30-7-4-10-33(25,26)27)16(12-14)29-6-3-9-32(22,23)24/h11-12H,2-10H2,1H3,(H,19,20,21)(H,22,23,24)(H,25,26,27). The van der Waals surface area contributed by atoms with Crippen LogP contribution in [0.4, 0.5) is 0 Å². The van der Waals surface area contributed by atoms with Crippen molar-refractivity contribution in [3.05, 3.63) is 17.7 Å². The number of ketones is 1. The van der Waals surface area contributed by atoms with Crippen LogP contribution >= 0.6 is 0 Å². The lowest BCUT2D eigenvalue weighted by Gasteiger charge is -2.18. The second kappa shape index (κ2) is 12.5. The Bertz CT molecular complexity index is 1060. The molecule has 190 valence electrons. The summed E-state index contributed by atoms with van der Waals surface area (Å²) in [6, 6.07) is 2.58. The SMILES string of the molecule is CC(=O)c1cc(OCCCS(=O)(=O)O)c(OCCCS(=O)(=O)O)c(OCCCS(=O)(=O)O)c1. The van der Waals surface area contributed by atoms with Crippen LogP contribution in [0.2, 0.25) is 0 Å². The first-order valence-corrected chi connectivity index (χ1v) is 14.3. The molecule has 0 aliphatic carbocycles. The van der Waals surface area contributed by atoms with E-state index in [1.807, 2.05) is 0 Å². The van der Waals surface area contributed by atoms with Gasteiger partial charge >= 0.3 is 0 Å². The zero-order valence-corrected chi connectivity index (χ0v) is 20.1. The summed E-state index contributed by atoms with van der Waals surface area (Å²) in [5, 5.41) is 0. The molecule has 0 amide bonds. The summed E-state index contributed by atoms with van der Waals surface area (Å²) in [5.74, 6) is -2.31. The summed E-state index contributed by atoms with van der Waals surface area (Å²) in [5.41, 5.74) is 0.120. The number of carbonyl (C=O) groups excluding carboxylic acids is 1. The second-order valence-corrected chi connectivity index (χ2v) is 11.5. The molecule has 0 saturated heterocycles. The molecule has 0 radical (unpaired) electrons. The van der Waals surface area contributed by atoms with Crippen LogP contribution in [0.1, 0.15) is 36.5 Å². The van der Waals surface area contributed by atoms with Crippen LogP contribution in [0, 0.1) is 0 Å². The van der Waals surface area contributed by atoms with Gasteiger partial charge in [0.25, 0.3) is 30.4 Å². The lowest BCUT2D eigenvalue weighted by molar-refractivity contribution is 0.101. The minimum Gasteiger partial charge on any atom is -0.489 e. The monoisotopic (exact) mass is 534 g/mol. The number of ether oxygens (including phenoxy) is 3. The van der Waals surface area contributed by atoms with Gasteiger partial charge in [-0.3, -0.25) is 18.5 Å². The van der Waals surface area contributed by atoms with Crippen molar-refractivity contribution in [3.63, 3.8) is 0 Å². The fourth-order valence-electron chi connectivity index (χ4n) is 2.40. The Labute approximate surface area is 192 Å². The first kappa shape index (κ1) is 29.1. The van der Waals surface area contributed by atoms with E-state index < -0.39 is 53.4 Å². The predicted octanol–water partition coefficient (Wildman–Crippen LogP) is 0.859. The van der Waals surface area contributed by atoms with E-state index in [-0.39, 0.29) is 61.9 Å². The summed E-state index contributed by atoms with van der Waals surface area (Å²) >= 11 is 0. The largest absolute Gasteiger partial charge is 0.489 e. The number of carbonyl (C=O) groups is 1. The number of benzene rings is 1. The maximum Gasteiger partial charge on any atom is 0.264 e. The summed E-state index contributed by atoms with van der Waals surface area (Å²) in [4.78, 5) is 11.9. The van der Waals surface area contributed by atoms with Crippen molar-refractivity contribution in [1.82, 2.24) is 0 Å². The van der Waals surface area contributed by atoms with Gasteiger partial charge in [0.05, 0.1) is 37.1 Å². The third kappa shape index (κ3) is 13.3. The zero-order valence-electron chi connectivity index (χ0n) is 17.7. The maximum atomic E-state index is 11.9. The number of rotatable bonds is 16. The Morgan fingerprint density at radius 3 is 1.33 bits per heavy atom. The topological polar surface area (TPSA) is 208 Å². The first-order valence-electron chi connectivity index (χ1n) is 9.50. The molecule has 13 nitrogen and oxygen atoms in total. The molecular formula is C17H26O13S3. The van der Waals surface area contributed by atoms with Crippen molar-refractivity contribution in [1.29, 1.82) is 0 Å². The van der Waals surface area contributed by atoms with Gasteiger partial charge in [-0.15, -0.1) is 0 Å². The van der Waals surface area contributed by atoms with E-state index in [1.165, 1.54) is 19.1 Å². The van der Waals surface area contributed by atoms with Crippen molar-refractivity contribution in [3.8, 4) is 17.2 Å². The molecule has 1 rings (SSSR count). The van der Waals surface area contributed by atoms with Crippen molar-refractivity contribution >= 4 is 36.1 Å². The fourth-order valence-corrected chi connectivity index (χ4v) is 3.85. The van der Waals surface area contributed by atoms with E-state index in [0.717, 1.165) is 0 Å². The zero-order chi connectivity index (χ0) is 25.3. The molecule has 3 N–H and O–H groups in total. The molecule has 0 atom stereocenters. The molecular weight excluding hydrogens is 508 g/mol. The smallest absolute Gasteiger partial charge is 0.264 e. The van der Waals surface area contributed by atoms with Crippen LogP contribution in [0.25, 0.3) is 0 Å². The first-order chi connectivity index (χ1) is 15.1. The lowest BCUT2D eigenvalue weighted by atomic mass is 10.1. The third-order valence-corrected chi connectivity index (χ3v) is 6.24. The van der Waals surface area contributed by atoms with Gasteiger partial charge in [-0.1, -0.05) is 0 Å². The van der Waals surface area contributed by atoms with Crippen molar-refractivity contribution < 1.29 is 57.9 Å². The molecule has 0 saturated carbocycles. The molecule has 0 aliphatic rings. The Hall–Kier alpha value is -1.98. The van der Waals surface area contributed by atoms with Gasteiger partial charge in [-0.05, 0) is 38.3 Å². The van der Waals surface area contributed by atoms with Crippen LogP contribution in [-0.2, 0) is 30.4 Å². The summed E-state index contributed by atoms with van der Waals surface area (Å²) in [7, 11) is -12.7. The van der Waals surface area contributed by atoms with E-state index in [0.29, 0.717) is 0 Å². The maximum absolute atomic E-state index is 11.9. The highest BCUT2D eigenvalue weighted by molar-refractivity contribution is 7.86. The van der Waals surface area contributed by atoms with E-state index in [1.54, 1.807) is 0 Å². The number of hydrogen-bond donors (Lipinski definition) is 3. The van der Waals surface area contributed by atoms with Crippen LogP contribution in [0.5, 0.6) is 17.2 Å². The van der Waals surface area contributed by atoms with Crippen LogP contribution in [-0.4, -0.2) is 81.8 Å². The summed E-state index contributed by atoms with van der Waals surface area (Å²) in [6.07, 6.45) is -0.316. The second-order valence-electron chi connectivity index (χ2n) is 6.82. The van der Waals surface area contributed by atoms with Gasteiger partial charge in [-0.25, -0.2) is 0 Å². The van der Waals surface area contributed by atoms with E-state index in [2.05, 4.69) is 0 Å². The minimum atomic E-state index is -4.23.